The summed E-state index contributed by atoms with van der Waals surface area (Å²) >= 11 is 0. The molecule has 5 heteroatoms. The lowest BCUT2D eigenvalue weighted by Gasteiger charge is -2.32. The number of nitrogens with zero attached hydrogens (tertiary/aromatic N) is 1. The molecule has 0 aliphatic carbocycles. The van der Waals surface area contributed by atoms with Crippen LogP contribution in [-0.2, 0) is 9.59 Å². The highest BCUT2D eigenvalue weighted by atomic mass is 16.4. The Hall–Kier alpha value is -1.10. The molecular formula is C13H24N2O3. The minimum absolute atomic E-state index is 0.0604. The van der Waals surface area contributed by atoms with Gasteiger partial charge in [0.05, 0.1) is 0 Å². The van der Waals surface area contributed by atoms with E-state index >= 15 is 0 Å². The maximum atomic E-state index is 12.3. The minimum Gasteiger partial charge on any atom is -0.480 e. The van der Waals surface area contributed by atoms with Crippen LogP contribution in [0.2, 0.25) is 0 Å². The molecule has 5 nitrogen and oxygen atoms in total. The average Bonchev–Trinajstić information content (AvgIpc) is 2.27. The highest BCUT2D eigenvalue weighted by molar-refractivity contribution is 5.84. The number of amides is 1. The van der Waals surface area contributed by atoms with E-state index in [2.05, 4.69) is 0 Å². The molecule has 1 aliphatic rings. The van der Waals surface area contributed by atoms with E-state index in [4.69, 9.17) is 5.73 Å². The van der Waals surface area contributed by atoms with E-state index in [1.165, 1.54) is 0 Å². The van der Waals surface area contributed by atoms with Gasteiger partial charge >= 0.3 is 5.97 Å². The molecule has 2 atom stereocenters. The van der Waals surface area contributed by atoms with Gasteiger partial charge in [0, 0.05) is 12.5 Å². The molecule has 0 aromatic carbocycles. The van der Waals surface area contributed by atoms with E-state index in [-0.39, 0.29) is 11.8 Å². The molecule has 0 saturated carbocycles. The standard InChI is InChI=1S/C13H24N2O3/c1-10(7-8-14)12(16)15-9-5-3-2-4-6-11(15)13(17)18/h10-11H,2-9,14H2,1H3,(H,17,18). The van der Waals surface area contributed by atoms with Gasteiger partial charge in [0.2, 0.25) is 5.91 Å². The summed E-state index contributed by atoms with van der Waals surface area (Å²) in [7, 11) is 0. The maximum absolute atomic E-state index is 12.3. The monoisotopic (exact) mass is 256 g/mol. The van der Waals surface area contributed by atoms with E-state index in [9.17, 15) is 14.7 Å². The summed E-state index contributed by atoms with van der Waals surface area (Å²) in [6.07, 6.45) is 5.08. The Morgan fingerprint density at radius 3 is 2.61 bits per heavy atom. The molecule has 3 N–H and O–H groups in total. The molecular weight excluding hydrogens is 232 g/mol. The van der Waals surface area contributed by atoms with Gasteiger partial charge in [-0.1, -0.05) is 26.2 Å². The van der Waals surface area contributed by atoms with Gasteiger partial charge in [0.1, 0.15) is 6.04 Å². The zero-order valence-corrected chi connectivity index (χ0v) is 11.1. The highest BCUT2D eigenvalue weighted by Gasteiger charge is 2.31. The third-order valence-corrected chi connectivity index (χ3v) is 3.59. The summed E-state index contributed by atoms with van der Waals surface area (Å²) in [6.45, 7) is 2.84. The van der Waals surface area contributed by atoms with Crippen LogP contribution in [0.4, 0.5) is 0 Å². The van der Waals surface area contributed by atoms with Gasteiger partial charge in [-0.2, -0.15) is 0 Å². The molecule has 1 amide bonds. The van der Waals surface area contributed by atoms with Crippen LogP contribution in [0.5, 0.6) is 0 Å². The van der Waals surface area contributed by atoms with E-state index in [1.807, 2.05) is 6.92 Å². The Morgan fingerprint density at radius 1 is 1.33 bits per heavy atom. The van der Waals surface area contributed by atoms with Crippen molar-refractivity contribution in [2.75, 3.05) is 13.1 Å². The summed E-state index contributed by atoms with van der Waals surface area (Å²) < 4.78 is 0. The van der Waals surface area contributed by atoms with Crippen molar-refractivity contribution in [3.8, 4) is 0 Å². The Morgan fingerprint density at radius 2 is 2.00 bits per heavy atom. The van der Waals surface area contributed by atoms with Crippen LogP contribution in [0.1, 0.15) is 45.4 Å². The summed E-state index contributed by atoms with van der Waals surface area (Å²) in [5.74, 6) is -1.13. The van der Waals surface area contributed by atoms with Crippen molar-refractivity contribution in [3.63, 3.8) is 0 Å². The smallest absolute Gasteiger partial charge is 0.326 e. The summed E-state index contributed by atoms with van der Waals surface area (Å²) in [6, 6.07) is -0.655. The van der Waals surface area contributed by atoms with Crippen molar-refractivity contribution < 1.29 is 14.7 Å². The first-order valence-electron chi connectivity index (χ1n) is 6.81. The summed E-state index contributed by atoms with van der Waals surface area (Å²) in [5, 5.41) is 9.27. The van der Waals surface area contributed by atoms with Crippen LogP contribution in [0.3, 0.4) is 0 Å². The minimum atomic E-state index is -0.884. The number of nitrogens with two attached hydrogens (primary N) is 1. The molecule has 1 rings (SSSR count). The summed E-state index contributed by atoms with van der Waals surface area (Å²) in [4.78, 5) is 25.1. The molecule has 0 aromatic rings. The van der Waals surface area contributed by atoms with Crippen molar-refractivity contribution in [1.29, 1.82) is 0 Å². The third-order valence-electron chi connectivity index (χ3n) is 3.59. The fraction of sp³-hybridized carbons (Fsp3) is 0.846. The zero-order valence-electron chi connectivity index (χ0n) is 11.1. The van der Waals surface area contributed by atoms with Crippen LogP contribution >= 0.6 is 0 Å². The van der Waals surface area contributed by atoms with Gasteiger partial charge in [-0.3, -0.25) is 4.79 Å². The quantitative estimate of drug-likeness (QED) is 0.792. The van der Waals surface area contributed by atoms with Crippen LogP contribution in [0, 0.1) is 5.92 Å². The number of hydrogen-bond donors (Lipinski definition) is 2. The lowest BCUT2D eigenvalue weighted by atomic mass is 9.99. The number of carbonyl (C=O) groups is 2. The number of carboxylic acid groups (broad SMARTS) is 1. The molecule has 0 aromatic heterocycles. The largest absolute Gasteiger partial charge is 0.480 e. The second-order valence-electron chi connectivity index (χ2n) is 5.07. The maximum Gasteiger partial charge on any atom is 0.326 e. The number of rotatable bonds is 4. The molecule has 1 saturated heterocycles. The number of carboxylic acids is 1. The molecule has 0 bridgehead atoms. The van der Waals surface area contributed by atoms with E-state index in [1.54, 1.807) is 4.90 Å². The van der Waals surface area contributed by atoms with E-state index in [0.29, 0.717) is 25.9 Å². The Labute approximate surface area is 108 Å². The first kappa shape index (κ1) is 15.0. The van der Waals surface area contributed by atoms with Gasteiger partial charge in [-0.15, -0.1) is 0 Å². The predicted octanol–water partition coefficient (Wildman–Crippen LogP) is 1.22. The van der Waals surface area contributed by atoms with Crippen LogP contribution in [0.25, 0.3) is 0 Å². The molecule has 1 heterocycles. The topological polar surface area (TPSA) is 83.6 Å². The van der Waals surface area contributed by atoms with Gasteiger partial charge < -0.3 is 15.7 Å². The Bertz CT molecular complexity index is 294. The molecule has 2 unspecified atom stereocenters. The SMILES string of the molecule is CC(CCN)C(=O)N1CCCCCCC1C(=O)O. The number of carbonyl (C=O) groups excluding carboxylic acids is 1. The number of hydrogen-bond acceptors (Lipinski definition) is 3. The fourth-order valence-electron chi connectivity index (χ4n) is 2.46. The lowest BCUT2D eigenvalue weighted by Crippen LogP contribution is -2.48. The predicted molar refractivity (Wildman–Crippen MR) is 69.1 cm³/mol. The fourth-order valence-corrected chi connectivity index (χ4v) is 2.46. The first-order valence-corrected chi connectivity index (χ1v) is 6.81. The van der Waals surface area contributed by atoms with Crippen LogP contribution < -0.4 is 5.73 Å². The average molecular weight is 256 g/mol. The molecule has 104 valence electrons. The second-order valence-corrected chi connectivity index (χ2v) is 5.07. The highest BCUT2D eigenvalue weighted by Crippen LogP contribution is 2.20. The van der Waals surface area contributed by atoms with Crippen molar-refractivity contribution in [3.05, 3.63) is 0 Å². The van der Waals surface area contributed by atoms with Crippen LogP contribution in [-0.4, -0.2) is 41.0 Å². The molecule has 1 aliphatic heterocycles. The van der Waals surface area contributed by atoms with Gasteiger partial charge in [-0.25, -0.2) is 4.79 Å². The molecule has 0 spiro atoms. The Balaban J connectivity index is 2.76. The second kappa shape index (κ2) is 7.36. The molecule has 18 heavy (non-hydrogen) atoms. The summed E-state index contributed by atoms with van der Waals surface area (Å²) in [5.41, 5.74) is 5.46. The third kappa shape index (κ3) is 3.98. The van der Waals surface area contributed by atoms with Crippen molar-refractivity contribution in [2.45, 2.75) is 51.5 Å². The number of aliphatic carboxylic acids is 1. The van der Waals surface area contributed by atoms with Gasteiger partial charge in [-0.05, 0) is 25.8 Å². The molecule has 0 radical (unpaired) electrons. The van der Waals surface area contributed by atoms with Gasteiger partial charge in [0.25, 0.3) is 0 Å². The van der Waals surface area contributed by atoms with Crippen molar-refractivity contribution in [1.82, 2.24) is 4.90 Å². The van der Waals surface area contributed by atoms with Gasteiger partial charge in [0.15, 0.2) is 0 Å². The van der Waals surface area contributed by atoms with Crippen LogP contribution in [0.15, 0.2) is 0 Å². The Kier molecular flexibility index (Phi) is 6.12. The van der Waals surface area contributed by atoms with Crippen molar-refractivity contribution in [2.24, 2.45) is 11.7 Å². The van der Waals surface area contributed by atoms with E-state index < -0.39 is 12.0 Å². The molecule has 1 fully saturated rings. The number of likely N-dealkylation sites (tertiary alicyclic amines) is 1. The normalized spacial score (nSPS) is 23.0. The lowest BCUT2D eigenvalue weighted by molar-refractivity contribution is -0.152. The van der Waals surface area contributed by atoms with E-state index in [0.717, 1.165) is 25.7 Å². The zero-order chi connectivity index (χ0) is 13.5. The first-order chi connectivity index (χ1) is 8.57. The van der Waals surface area contributed by atoms with Crippen molar-refractivity contribution >= 4 is 11.9 Å².